The molecule has 1 aliphatic rings. The number of aliphatic hydroxyl groups is 1. The van der Waals surface area contributed by atoms with Gasteiger partial charge < -0.3 is 14.6 Å². The van der Waals surface area contributed by atoms with Crippen LogP contribution in [0, 0.1) is 26.7 Å². The summed E-state index contributed by atoms with van der Waals surface area (Å²) < 4.78 is 11.4. The molecule has 29 heavy (non-hydrogen) atoms. The molecule has 4 heteroatoms. The zero-order chi connectivity index (χ0) is 21.1. The van der Waals surface area contributed by atoms with Crippen LogP contribution in [0.2, 0.25) is 0 Å². The van der Waals surface area contributed by atoms with Gasteiger partial charge in [-0.25, -0.2) is 0 Å². The van der Waals surface area contributed by atoms with Crippen molar-refractivity contribution in [1.29, 1.82) is 0 Å². The van der Waals surface area contributed by atoms with Gasteiger partial charge in [0.05, 0.1) is 20.8 Å². The smallest absolute Gasteiger partial charge is 0.127 e. The Bertz CT molecular complexity index is 936. The number of aliphatic hydroxyl groups excluding tert-OH is 1. The van der Waals surface area contributed by atoms with Crippen molar-refractivity contribution in [3.05, 3.63) is 70.1 Å². The van der Waals surface area contributed by atoms with Crippen LogP contribution in [0.5, 0.6) is 11.5 Å². The van der Waals surface area contributed by atoms with Crippen LogP contribution in [-0.2, 0) is 0 Å². The molecule has 0 saturated carbocycles. The van der Waals surface area contributed by atoms with E-state index in [1.807, 2.05) is 12.1 Å². The van der Waals surface area contributed by atoms with Crippen LogP contribution in [-0.4, -0.2) is 25.9 Å². The van der Waals surface area contributed by atoms with E-state index in [2.05, 4.69) is 58.0 Å². The molecule has 0 heterocycles. The second-order valence-electron chi connectivity index (χ2n) is 7.50. The van der Waals surface area contributed by atoms with Crippen LogP contribution in [0.15, 0.2) is 53.4 Å². The summed E-state index contributed by atoms with van der Waals surface area (Å²) in [5.41, 5.74) is 4.77. The van der Waals surface area contributed by atoms with E-state index in [-0.39, 0.29) is 12.5 Å². The van der Waals surface area contributed by atoms with E-state index in [0.29, 0.717) is 0 Å². The third-order valence-electron chi connectivity index (χ3n) is 5.67. The number of methoxy groups -OCH3 is 2. The van der Waals surface area contributed by atoms with Crippen molar-refractivity contribution in [2.24, 2.45) is 5.92 Å². The molecule has 2 aromatic rings. The molecule has 0 aliphatic heterocycles. The second kappa shape index (κ2) is 9.15. The van der Waals surface area contributed by atoms with E-state index in [0.717, 1.165) is 29.0 Å². The zero-order valence-corrected chi connectivity index (χ0v) is 19.1. The summed E-state index contributed by atoms with van der Waals surface area (Å²) in [6.45, 7) is 8.63. The molecule has 0 aromatic heterocycles. The maximum Gasteiger partial charge on any atom is 0.127 e. The largest absolute Gasteiger partial charge is 0.496 e. The van der Waals surface area contributed by atoms with Crippen LogP contribution < -0.4 is 20.1 Å². The number of ether oxygens (including phenoxy) is 2. The van der Waals surface area contributed by atoms with E-state index >= 15 is 0 Å². The van der Waals surface area contributed by atoms with Crippen molar-refractivity contribution < 1.29 is 14.6 Å². The Morgan fingerprint density at radius 3 is 2.21 bits per heavy atom. The fourth-order valence-corrected chi connectivity index (χ4v) is 7.35. The Morgan fingerprint density at radius 2 is 1.66 bits per heavy atom. The number of hydrogen-bond donors (Lipinski definition) is 1. The maximum absolute atomic E-state index is 10.2. The molecule has 154 valence electrons. The first kappa shape index (κ1) is 21.6. The predicted molar refractivity (Wildman–Crippen MR) is 123 cm³/mol. The molecule has 0 bridgehead atoms. The number of rotatable bonds is 7. The highest BCUT2D eigenvalue weighted by atomic mass is 31.1. The zero-order valence-electron chi connectivity index (χ0n) is 18.2. The highest BCUT2D eigenvalue weighted by molar-refractivity contribution is 7.77. The van der Waals surface area contributed by atoms with Crippen molar-refractivity contribution in [2.45, 2.75) is 34.1 Å². The molecule has 3 nitrogen and oxygen atoms in total. The van der Waals surface area contributed by atoms with Crippen molar-refractivity contribution in [3.63, 3.8) is 0 Å². The molecule has 0 radical (unpaired) electrons. The van der Waals surface area contributed by atoms with Crippen molar-refractivity contribution >= 4 is 18.5 Å². The fourth-order valence-electron chi connectivity index (χ4n) is 4.29. The Hall–Kier alpha value is -2.09. The van der Waals surface area contributed by atoms with Crippen LogP contribution in [0.4, 0.5) is 0 Å². The molecule has 2 atom stereocenters. The van der Waals surface area contributed by atoms with Gasteiger partial charge in [-0.3, -0.25) is 0 Å². The average molecular weight is 410 g/mol. The predicted octanol–water partition coefficient (Wildman–Crippen LogP) is 4.90. The van der Waals surface area contributed by atoms with Gasteiger partial charge in [0.25, 0.3) is 0 Å². The molecule has 2 unspecified atom stereocenters. The van der Waals surface area contributed by atoms with E-state index in [1.54, 1.807) is 14.2 Å². The lowest BCUT2D eigenvalue weighted by molar-refractivity contribution is 0.266. The SMILES string of the molecule is CCC1=CC=C(P(c2cc(C)c(OC)c(C)c2)c2c(C)cccc2OC)C1CO. The fraction of sp³-hybridized carbons (Fsp3) is 0.360. The van der Waals surface area contributed by atoms with Crippen molar-refractivity contribution in [1.82, 2.24) is 0 Å². The molecule has 1 N–H and O–H groups in total. The molecule has 1 aliphatic carbocycles. The molecular formula is C25H31O3P. The number of hydrogen-bond acceptors (Lipinski definition) is 3. The normalized spacial score (nSPS) is 17.0. The topological polar surface area (TPSA) is 38.7 Å². The lowest BCUT2D eigenvalue weighted by Gasteiger charge is -2.29. The van der Waals surface area contributed by atoms with Crippen LogP contribution in [0.1, 0.15) is 30.0 Å². The van der Waals surface area contributed by atoms with Crippen LogP contribution in [0.3, 0.4) is 0 Å². The van der Waals surface area contributed by atoms with Gasteiger partial charge in [-0.05, 0) is 80.6 Å². The van der Waals surface area contributed by atoms with Gasteiger partial charge in [0.1, 0.15) is 11.5 Å². The first-order valence-electron chi connectivity index (χ1n) is 10.1. The Morgan fingerprint density at radius 1 is 0.966 bits per heavy atom. The average Bonchev–Trinajstić information content (AvgIpc) is 3.12. The third kappa shape index (κ3) is 3.99. The molecule has 2 aromatic carbocycles. The lowest BCUT2D eigenvalue weighted by atomic mass is 10.0. The van der Waals surface area contributed by atoms with Gasteiger partial charge in [0.15, 0.2) is 0 Å². The van der Waals surface area contributed by atoms with Crippen LogP contribution >= 0.6 is 7.92 Å². The van der Waals surface area contributed by atoms with Gasteiger partial charge in [-0.15, -0.1) is 0 Å². The quantitative estimate of drug-likeness (QED) is 0.660. The summed E-state index contributed by atoms with van der Waals surface area (Å²) in [6.07, 6.45) is 5.37. The minimum absolute atomic E-state index is 0.0677. The van der Waals surface area contributed by atoms with E-state index < -0.39 is 7.92 Å². The highest BCUT2D eigenvalue weighted by Crippen LogP contribution is 2.53. The van der Waals surface area contributed by atoms with Crippen LogP contribution in [0.25, 0.3) is 0 Å². The second-order valence-corrected chi connectivity index (χ2v) is 9.65. The summed E-state index contributed by atoms with van der Waals surface area (Å²) in [7, 11) is 2.60. The van der Waals surface area contributed by atoms with Gasteiger partial charge in [0, 0.05) is 11.2 Å². The number of benzene rings is 2. The number of aryl methyl sites for hydroxylation is 3. The molecule has 3 rings (SSSR count). The minimum Gasteiger partial charge on any atom is -0.496 e. The maximum atomic E-state index is 10.2. The highest BCUT2D eigenvalue weighted by Gasteiger charge is 2.32. The Labute approximate surface area is 175 Å². The van der Waals surface area contributed by atoms with Crippen molar-refractivity contribution in [2.75, 3.05) is 20.8 Å². The first-order chi connectivity index (χ1) is 14.0. The van der Waals surface area contributed by atoms with Gasteiger partial charge in [-0.1, -0.05) is 36.8 Å². The molecular weight excluding hydrogens is 379 g/mol. The summed E-state index contributed by atoms with van der Waals surface area (Å²) in [5, 5.41) is 14.0. The van der Waals surface area contributed by atoms with Crippen molar-refractivity contribution in [3.8, 4) is 11.5 Å². The Kier molecular flexibility index (Phi) is 6.82. The van der Waals surface area contributed by atoms with E-state index in [1.165, 1.54) is 27.1 Å². The summed E-state index contributed by atoms with van der Waals surface area (Å²) in [6, 6.07) is 10.7. The molecule has 0 amide bonds. The molecule has 0 spiro atoms. The van der Waals surface area contributed by atoms with Gasteiger partial charge >= 0.3 is 0 Å². The monoisotopic (exact) mass is 410 g/mol. The molecule has 0 fully saturated rings. The minimum atomic E-state index is -0.858. The third-order valence-corrected chi connectivity index (χ3v) is 8.45. The summed E-state index contributed by atoms with van der Waals surface area (Å²) in [5.74, 6) is 1.91. The van der Waals surface area contributed by atoms with Gasteiger partial charge in [0.2, 0.25) is 0 Å². The van der Waals surface area contributed by atoms with E-state index in [9.17, 15) is 5.11 Å². The molecule has 0 saturated heterocycles. The first-order valence-corrected chi connectivity index (χ1v) is 11.4. The lowest BCUT2D eigenvalue weighted by Crippen LogP contribution is -2.22. The van der Waals surface area contributed by atoms with E-state index in [4.69, 9.17) is 9.47 Å². The summed E-state index contributed by atoms with van der Waals surface area (Å²) in [4.78, 5) is 0. The van der Waals surface area contributed by atoms with Gasteiger partial charge in [-0.2, -0.15) is 0 Å². The summed E-state index contributed by atoms with van der Waals surface area (Å²) >= 11 is 0. The standard InChI is InChI=1S/C25H31O3P/c1-7-19-11-12-23(21(19)15-26)29(25-16(2)9-8-10-22(25)27-5)20-13-17(3)24(28-6)18(4)14-20/h8-14,21,26H,7,15H2,1-6H3. The number of allylic oxidation sites excluding steroid dienone is 2. The Balaban J connectivity index is 2.25.